The van der Waals surface area contributed by atoms with Crippen molar-refractivity contribution in [3.8, 4) is 0 Å². The minimum absolute atomic E-state index is 0.0723. The first-order valence-electron chi connectivity index (χ1n) is 20.3. The van der Waals surface area contributed by atoms with Gasteiger partial charge in [-0.15, -0.1) is 0 Å². The highest BCUT2D eigenvalue weighted by Crippen LogP contribution is 2.17. The van der Waals surface area contributed by atoms with Crippen LogP contribution in [0, 0.1) is 0 Å². The minimum atomic E-state index is -0.879. The number of rotatable bonds is 37. The van der Waals surface area contributed by atoms with Crippen LogP contribution in [0.3, 0.4) is 0 Å². The molecule has 0 spiro atoms. The SMILES string of the molecule is CCCCC/C=C\C/C=C\CCCCCCCCCCCC(=O)OC(CCCCCCCCCCCCCCCCC)CC(=O)O. The predicted molar refractivity (Wildman–Crippen MR) is 200 cm³/mol. The number of ether oxygens (including phenoxy) is 1. The van der Waals surface area contributed by atoms with Gasteiger partial charge >= 0.3 is 11.9 Å². The topological polar surface area (TPSA) is 63.6 Å². The van der Waals surface area contributed by atoms with E-state index in [9.17, 15) is 14.7 Å². The molecule has 0 aliphatic rings. The summed E-state index contributed by atoms with van der Waals surface area (Å²) in [5.74, 6) is -1.10. The van der Waals surface area contributed by atoms with Gasteiger partial charge in [-0.2, -0.15) is 0 Å². The van der Waals surface area contributed by atoms with Crippen LogP contribution in [0.5, 0.6) is 0 Å². The van der Waals surface area contributed by atoms with E-state index in [0.717, 1.165) is 32.1 Å². The van der Waals surface area contributed by atoms with E-state index in [2.05, 4.69) is 38.2 Å². The van der Waals surface area contributed by atoms with Crippen LogP contribution < -0.4 is 0 Å². The molecule has 0 aromatic carbocycles. The molecule has 1 N–H and O–H groups in total. The molecule has 0 aliphatic heterocycles. The summed E-state index contributed by atoms with van der Waals surface area (Å²) in [7, 11) is 0. The van der Waals surface area contributed by atoms with Crippen LogP contribution >= 0.6 is 0 Å². The highest BCUT2D eigenvalue weighted by atomic mass is 16.5. The molecular formula is C42H78O4. The Morgan fingerprint density at radius 3 is 1.33 bits per heavy atom. The summed E-state index contributed by atoms with van der Waals surface area (Å²) in [6, 6.07) is 0. The molecule has 0 heterocycles. The van der Waals surface area contributed by atoms with Crippen molar-refractivity contribution in [1.29, 1.82) is 0 Å². The van der Waals surface area contributed by atoms with Crippen molar-refractivity contribution in [3.63, 3.8) is 0 Å². The number of carbonyl (C=O) groups is 2. The molecular weight excluding hydrogens is 568 g/mol. The zero-order valence-corrected chi connectivity index (χ0v) is 30.9. The number of carboxylic acid groups (broad SMARTS) is 1. The number of carbonyl (C=O) groups excluding carboxylic acids is 1. The molecule has 0 fully saturated rings. The first-order valence-corrected chi connectivity index (χ1v) is 20.3. The highest BCUT2D eigenvalue weighted by molar-refractivity contribution is 5.71. The van der Waals surface area contributed by atoms with Crippen LogP contribution in [-0.4, -0.2) is 23.1 Å². The van der Waals surface area contributed by atoms with Gasteiger partial charge in [0.05, 0.1) is 6.42 Å². The van der Waals surface area contributed by atoms with Crippen LogP contribution in [-0.2, 0) is 14.3 Å². The van der Waals surface area contributed by atoms with E-state index in [1.165, 1.54) is 161 Å². The molecule has 270 valence electrons. The highest BCUT2D eigenvalue weighted by Gasteiger charge is 2.17. The molecule has 0 aromatic rings. The van der Waals surface area contributed by atoms with Gasteiger partial charge in [0.25, 0.3) is 0 Å². The first kappa shape index (κ1) is 44.4. The van der Waals surface area contributed by atoms with E-state index in [1.807, 2.05) is 0 Å². The second kappa shape index (κ2) is 37.9. The Hall–Kier alpha value is -1.58. The monoisotopic (exact) mass is 647 g/mol. The lowest BCUT2D eigenvalue weighted by Gasteiger charge is -2.16. The maximum Gasteiger partial charge on any atom is 0.307 e. The number of aliphatic carboxylic acids is 1. The second-order valence-corrected chi connectivity index (χ2v) is 13.8. The zero-order chi connectivity index (χ0) is 33.6. The Balaban J connectivity index is 3.62. The molecule has 0 rings (SSSR count). The van der Waals surface area contributed by atoms with Crippen molar-refractivity contribution in [3.05, 3.63) is 24.3 Å². The van der Waals surface area contributed by atoms with E-state index in [0.29, 0.717) is 12.8 Å². The average molecular weight is 647 g/mol. The molecule has 0 bridgehead atoms. The Bertz CT molecular complexity index is 698. The van der Waals surface area contributed by atoms with Crippen LogP contribution in [0.1, 0.15) is 226 Å². The minimum Gasteiger partial charge on any atom is -0.481 e. The molecule has 0 amide bonds. The average Bonchev–Trinajstić information content (AvgIpc) is 3.03. The Labute approximate surface area is 287 Å². The Morgan fingerprint density at radius 1 is 0.500 bits per heavy atom. The third-order valence-corrected chi connectivity index (χ3v) is 9.16. The fourth-order valence-electron chi connectivity index (χ4n) is 6.17. The summed E-state index contributed by atoms with van der Waals surface area (Å²) in [5.41, 5.74) is 0. The largest absolute Gasteiger partial charge is 0.481 e. The lowest BCUT2D eigenvalue weighted by Crippen LogP contribution is -2.21. The van der Waals surface area contributed by atoms with E-state index in [-0.39, 0.29) is 12.4 Å². The Kier molecular flexibility index (Phi) is 36.6. The van der Waals surface area contributed by atoms with E-state index in [1.54, 1.807) is 0 Å². The van der Waals surface area contributed by atoms with Crippen LogP contribution in [0.2, 0.25) is 0 Å². The summed E-state index contributed by atoms with van der Waals surface area (Å²) in [6.45, 7) is 4.52. The normalized spacial score (nSPS) is 12.4. The van der Waals surface area contributed by atoms with Crippen LogP contribution in [0.4, 0.5) is 0 Å². The van der Waals surface area contributed by atoms with Gasteiger partial charge < -0.3 is 9.84 Å². The van der Waals surface area contributed by atoms with Crippen molar-refractivity contribution in [1.82, 2.24) is 0 Å². The van der Waals surface area contributed by atoms with Crippen molar-refractivity contribution in [2.45, 2.75) is 232 Å². The van der Waals surface area contributed by atoms with Crippen LogP contribution in [0.25, 0.3) is 0 Å². The first-order chi connectivity index (χ1) is 22.6. The standard InChI is InChI=1S/C42H78O4/c1-3-5-7-9-11-13-15-17-19-20-21-22-24-26-28-30-32-34-36-38-42(45)46-40(39-41(43)44)37-35-33-31-29-27-25-23-18-16-14-12-10-8-6-4-2/h11,13,17,19,40H,3-10,12,14-16,18,20-39H2,1-2H3,(H,43,44)/b13-11-,19-17-. The number of hydrogen-bond acceptors (Lipinski definition) is 3. The van der Waals surface area contributed by atoms with Gasteiger partial charge in [-0.1, -0.05) is 186 Å². The third kappa shape index (κ3) is 36.9. The van der Waals surface area contributed by atoms with Crippen molar-refractivity contribution in [2.24, 2.45) is 0 Å². The molecule has 0 radical (unpaired) electrons. The summed E-state index contributed by atoms with van der Waals surface area (Å²) in [5, 5.41) is 9.27. The molecule has 4 heteroatoms. The number of esters is 1. The maximum absolute atomic E-state index is 12.4. The molecule has 0 aliphatic carbocycles. The molecule has 0 aromatic heterocycles. The number of allylic oxidation sites excluding steroid dienone is 4. The summed E-state index contributed by atoms with van der Waals surface area (Å²) < 4.78 is 5.59. The molecule has 0 saturated carbocycles. The lowest BCUT2D eigenvalue weighted by molar-refractivity contribution is -0.153. The molecule has 1 atom stereocenters. The van der Waals surface area contributed by atoms with Crippen molar-refractivity contribution < 1.29 is 19.4 Å². The second-order valence-electron chi connectivity index (χ2n) is 13.8. The molecule has 4 nitrogen and oxygen atoms in total. The quantitative estimate of drug-likeness (QED) is 0.0414. The van der Waals surface area contributed by atoms with Crippen molar-refractivity contribution >= 4 is 11.9 Å². The Morgan fingerprint density at radius 2 is 0.870 bits per heavy atom. The predicted octanol–water partition coefficient (Wildman–Crippen LogP) is 14.0. The van der Waals surface area contributed by atoms with Gasteiger partial charge in [-0.3, -0.25) is 9.59 Å². The van der Waals surface area contributed by atoms with Crippen molar-refractivity contribution in [2.75, 3.05) is 0 Å². The molecule has 0 saturated heterocycles. The van der Waals surface area contributed by atoms with E-state index >= 15 is 0 Å². The van der Waals surface area contributed by atoms with Gasteiger partial charge in [0, 0.05) is 6.42 Å². The van der Waals surface area contributed by atoms with Gasteiger partial charge in [0.1, 0.15) is 6.10 Å². The summed E-state index contributed by atoms with van der Waals surface area (Å²) >= 11 is 0. The number of carboxylic acids is 1. The number of unbranched alkanes of at least 4 members (excludes halogenated alkanes) is 26. The van der Waals surface area contributed by atoms with Gasteiger partial charge in [-0.05, 0) is 51.4 Å². The van der Waals surface area contributed by atoms with E-state index in [4.69, 9.17) is 4.74 Å². The lowest BCUT2D eigenvalue weighted by atomic mass is 10.0. The summed E-state index contributed by atoms with van der Waals surface area (Å²) in [4.78, 5) is 23.7. The van der Waals surface area contributed by atoms with E-state index < -0.39 is 12.1 Å². The third-order valence-electron chi connectivity index (χ3n) is 9.16. The maximum atomic E-state index is 12.4. The number of hydrogen-bond donors (Lipinski definition) is 1. The zero-order valence-electron chi connectivity index (χ0n) is 30.9. The summed E-state index contributed by atoms with van der Waals surface area (Å²) in [6.07, 6.45) is 47.7. The fraction of sp³-hybridized carbons (Fsp3) is 0.857. The molecule has 46 heavy (non-hydrogen) atoms. The van der Waals surface area contributed by atoms with Gasteiger partial charge in [-0.25, -0.2) is 0 Å². The molecule has 1 unspecified atom stereocenters. The van der Waals surface area contributed by atoms with Gasteiger partial charge in [0.2, 0.25) is 0 Å². The van der Waals surface area contributed by atoms with Gasteiger partial charge in [0.15, 0.2) is 0 Å². The smallest absolute Gasteiger partial charge is 0.307 e. The van der Waals surface area contributed by atoms with Crippen LogP contribution in [0.15, 0.2) is 24.3 Å². The fourth-order valence-corrected chi connectivity index (χ4v) is 6.17.